The lowest BCUT2D eigenvalue weighted by Gasteiger charge is -2.35. The molecule has 1 saturated heterocycles. The van der Waals surface area contributed by atoms with Gasteiger partial charge >= 0.3 is 0 Å². The number of sulfonamides is 1. The first-order valence-corrected chi connectivity index (χ1v) is 10.8. The highest BCUT2D eigenvalue weighted by atomic mass is 32.2. The van der Waals surface area contributed by atoms with E-state index in [1.165, 1.54) is 12.1 Å². The standard InChI is InChI=1S/C16H21N5O4S2/c1-12(2)18-27(24,25)13-3-4-14(15(11-13)21(22)23)19-6-8-20(9-7-19)16-17-5-10-26-16/h3-5,10-12,18H,6-9H2,1-2H3. The third kappa shape index (κ3) is 4.37. The zero-order valence-electron chi connectivity index (χ0n) is 15.0. The van der Waals surface area contributed by atoms with E-state index in [-0.39, 0.29) is 16.6 Å². The molecule has 2 heterocycles. The molecule has 0 saturated carbocycles. The molecule has 1 aliphatic rings. The van der Waals surface area contributed by atoms with Crippen LogP contribution in [0.5, 0.6) is 0 Å². The van der Waals surface area contributed by atoms with E-state index < -0.39 is 14.9 Å². The number of nitrogens with zero attached hydrogens (tertiary/aromatic N) is 4. The van der Waals surface area contributed by atoms with E-state index in [0.717, 1.165) is 11.2 Å². The summed E-state index contributed by atoms with van der Waals surface area (Å²) in [5, 5.41) is 14.4. The highest BCUT2D eigenvalue weighted by Gasteiger charge is 2.27. The van der Waals surface area contributed by atoms with Crippen molar-refractivity contribution in [1.29, 1.82) is 0 Å². The predicted molar refractivity (Wildman–Crippen MR) is 105 cm³/mol. The molecule has 1 aliphatic heterocycles. The second kappa shape index (κ2) is 7.79. The van der Waals surface area contributed by atoms with Gasteiger partial charge in [-0.1, -0.05) is 0 Å². The Kier molecular flexibility index (Phi) is 5.63. The first-order chi connectivity index (χ1) is 12.8. The molecule has 3 rings (SSSR count). The summed E-state index contributed by atoms with van der Waals surface area (Å²) in [4.78, 5) is 19.3. The number of nitro groups is 1. The van der Waals surface area contributed by atoms with E-state index in [2.05, 4.69) is 14.6 Å². The van der Waals surface area contributed by atoms with Gasteiger partial charge in [0, 0.05) is 49.9 Å². The Balaban J connectivity index is 1.83. The first kappa shape index (κ1) is 19.5. The van der Waals surface area contributed by atoms with Crippen LogP contribution in [0.3, 0.4) is 0 Å². The molecule has 27 heavy (non-hydrogen) atoms. The van der Waals surface area contributed by atoms with Crippen LogP contribution < -0.4 is 14.5 Å². The van der Waals surface area contributed by atoms with Crippen LogP contribution in [-0.4, -0.2) is 50.5 Å². The van der Waals surface area contributed by atoms with E-state index in [9.17, 15) is 18.5 Å². The van der Waals surface area contributed by atoms with Gasteiger partial charge in [0.2, 0.25) is 10.0 Å². The van der Waals surface area contributed by atoms with Crippen LogP contribution in [0, 0.1) is 10.1 Å². The van der Waals surface area contributed by atoms with Gasteiger partial charge in [-0.3, -0.25) is 10.1 Å². The Labute approximate surface area is 161 Å². The summed E-state index contributed by atoms with van der Waals surface area (Å²) in [6.45, 7) is 5.97. The van der Waals surface area contributed by atoms with E-state index in [4.69, 9.17) is 0 Å². The number of nitrogens with one attached hydrogen (secondary N) is 1. The Morgan fingerprint density at radius 2 is 1.89 bits per heavy atom. The lowest BCUT2D eigenvalue weighted by Crippen LogP contribution is -2.46. The van der Waals surface area contributed by atoms with Crippen molar-refractivity contribution in [2.24, 2.45) is 0 Å². The van der Waals surface area contributed by atoms with Gasteiger partial charge < -0.3 is 9.80 Å². The zero-order valence-corrected chi connectivity index (χ0v) is 16.7. The average molecular weight is 412 g/mol. The van der Waals surface area contributed by atoms with Gasteiger partial charge in [-0.2, -0.15) is 0 Å². The second-order valence-corrected chi connectivity index (χ2v) is 9.06. The number of thiazole rings is 1. The average Bonchev–Trinajstić information content (AvgIpc) is 3.15. The smallest absolute Gasteiger partial charge is 0.293 e. The van der Waals surface area contributed by atoms with E-state index in [1.807, 2.05) is 10.3 Å². The number of hydrogen-bond donors (Lipinski definition) is 1. The lowest BCUT2D eigenvalue weighted by atomic mass is 10.2. The SMILES string of the molecule is CC(C)NS(=O)(=O)c1ccc(N2CCN(c3nccs3)CC2)c([N+](=O)[O-])c1. The number of hydrogen-bond acceptors (Lipinski definition) is 8. The van der Waals surface area contributed by atoms with E-state index in [1.54, 1.807) is 31.4 Å². The van der Waals surface area contributed by atoms with Crippen molar-refractivity contribution in [2.45, 2.75) is 24.8 Å². The van der Waals surface area contributed by atoms with Crippen LogP contribution in [0.25, 0.3) is 0 Å². The van der Waals surface area contributed by atoms with Crippen molar-refractivity contribution < 1.29 is 13.3 Å². The van der Waals surface area contributed by atoms with Gasteiger partial charge in [0.1, 0.15) is 5.69 Å². The molecular weight excluding hydrogens is 390 g/mol. The summed E-state index contributed by atoms with van der Waals surface area (Å²) in [6.07, 6.45) is 1.75. The fraction of sp³-hybridized carbons (Fsp3) is 0.438. The fourth-order valence-electron chi connectivity index (χ4n) is 2.97. The van der Waals surface area contributed by atoms with Gasteiger partial charge in [-0.05, 0) is 26.0 Å². The molecular formula is C16H21N5O4S2. The van der Waals surface area contributed by atoms with Gasteiger partial charge in [0.15, 0.2) is 5.13 Å². The highest BCUT2D eigenvalue weighted by molar-refractivity contribution is 7.89. The first-order valence-electron chi connectivity index (χ1n) is 8.48. The Hall–Kier alpha value is -2.24. The van der Waals surface area contributed by atoms with Crippen molar-refractivity contribution in [2.75, 3.05) is 36.0 Å². The highest BCUT2D eigenvalue weighted by Crippen LogP contribution is 2.32. The molecule has 1 aromatic carbocycles. The summed E-state index contributed by atoms with van der Waals surface area (Å²) < 4.78 is 27.1. The zero-order chi connectivity index (χ0) is 19.6. The van der Waals surface area contributed by atoms with Crippen molar-refractivity contribution in [1.82, 2.24) is 9.71 Å². The molecule has 0 aliphatic carbocycles. The van der Waals surface area contributed by atoms with Crippen LogP contribution in [0.1, 0.15) is 13.8 Å². The molecule has 0 spiro atoms. The third-order valence-corrected chi connectivity index (χ3v) is 6.64. The van der Waals surface area contributed by atoms with E-state index >= 15 is 0 Å². The van der Waals surface area contributed by atoms with Crippen LogP contribution >= 0.6 is 11.3 Å². The van der Waals surface area contributed by atoms with Crippen LogP contribution in [0.2, 0.25) is 0 Å². The molecule has 1 aromatic heterocycles. The van der Waals surface area contributed by atoms with Crippen molar-refractivity contribution >= 4 is 37.9 Å². The lowest BCUT2D eigenvalue weighted by molar-refractivity contribution is -0.384. The van der Waals surface area contributed by atoms with Gasteiger partial charge in [-0.25, -0.2) is 18.1 Å². The quantitative estimate of drug-likeness (QED) is 0.572. The van der Waals surface area contributed by atoms with E-state index in [0.29, 0.717) is 31.9 Å². The van der Waals surface area contributed by atoms with Gasteiger partial charge in [0.25, 0.3) is 5.69 Å². The summed E-state index contributed by atoms with van der Waals surface area (Å²) >= 11 is 1.56. The minimum atomic E-state index is -3.79. The monoisotopic (exact) mass is 411 g/mol. The molecule has 11 heteroatoms. The summed E-state index contributed by atoms with van der Waals surface area (Å²) in [7, 11) is -3.79. The number of benzene rings is 1. The molecule has 0 bridgehead atoms. The molecule has 1 fully saturated rings. The Morgan fingerprint density at radius 1 is 1.22 bits per heavy atom. The maximum absolute atomic E-state index is 12.3. The van der Waals surface area contributed by atoms with Crippen LogP contribution in [0.4, 0.5) is 16.5 Å². The van der Waals surface area contributed by atoms with Gasteiger partial charge in [-0.15, -0.1) is 11.3 Å². The van der Waals surface area contributed by atoms with Crippen molar-refractivity contribution in [3.8, 4) is 0 Å². The van der Waals surface area contributed by atoms with Crippen molar-refractivity contribution in [3.05, 3.63) is 39.9 Å². The maximum Gasteiger partial charge on any atom is 0.293 e. The van der Waals surface area contributed by atoms with Crippen molar-refractivity contribution in [3.63, 3.8) is 0 Å². The second-order valence-electron chi connectivity index (χ2n) is 6.47. The van der Waals surface area contributed by atoms with Gasteiger partial charge in [0.05, 0.1) is 9.82 Å². The summed E-state index contributed by atoms with van der Waals surface area (Å²) in [5.41, 5.74) is 0.228. The molecule has 0 radical (unpaired) electrons. The number of piperazine rings is 1. The molecule has 2 aromatic rings. The molecule has 1 N–H and O–H groups in total. The number of rotatable bonds is 6. The molecule has 0 atom stereocenters. The Bertz CT molecular complexity index is 907. The summed E-state index contributed by atoms with van der Waals surface area (Å²) in [5.74, 6) is 0. The Morgan fingerprint density at radius 3 is 2.44 bits per heavy atom. The molecule has 0 unspecified atom stereocenters. The number of anilines is 2. The molecule has 146 valence electrons. The fourth-order valence-corrected chi connectivity index (χ4v) is 4.94. The molecule has 0 amide bonds. The maximum atomic E-state index is 12.3. The van der Waals surface area contributed by atoms with Crippen LogP contribution in [-0.2, 0) is 10.0 Å². The predicted octanol–water partition coefficient (Wildman–Crippen LogP) is 2.06. The number of nitro benzene ring substituents is 1. The normalized spacial score (nSPS) is 15.4. The largest absolute Gasteiger partial charge is 0.362 e. The topological polar surface area (TPSA) is 109 Å². The molecule has 9 nitrogen and oxygen atoms in total. The summed E-state index contributed by atoms with van der Waals surface area (Å²) in [6, 6.07) is 3.77. The van der Waals surface area contributed by atoms with Crippen LogP contribution in [0.15, 0.2) is 34.7 Å². The number of aromatic nitrogens is 1. The minimum Gasteiger partial charge on any atom is -0.362 e. The third-order valence-electron chi connectivity index (χ3n) is 4.15. The minimum absolute atomic E-state index is 0.104.